The molecule has 0 amide bonds. The Bertz CT molecular complexity index is 357. The summed E-state index contributed by atoms with van der Waals surface area (Å²) in [6.45, 7) is 2.63. The Labute approximate surface area is 98.1 Å². The summed E-state index contributed by atoms with van der Waals surface area (Å²) in [7, 11) is 0. The van der Waals surface area contributed by atoms with Crippen LogP contribution in [0.15, 0.2) is 24.3 Å². The summed E-state index contributed by atoms with van der Waals surface area (Å²) in [4.78, 5) is 0. The van der Waals surface area contributed by atoms with Crippen LogP contribution in [0.5, 0.6) is 5.75 Å². The fourth-order valence-corrected chi connectivity index (χ4v) is 1.50. The van der Waals surface area contributed by atoms with Crippen molar-refractivity contribution in [3.8, 4) is 5.75 Å². The first-order valence-electron chi connectivity index (χ1n) is 5.15. The van der Waals surface area contributed by atoms with Gasteiger partial charge in [-0.1, -0.05) is 12.1 Å². The molecule has 0 fully saturated rings. The molecular formula is C11H17NO3S. The van der Waals surface area contributed by atoms with Crippen LogP contribution in [0, 0.1) is 0 Å². The molecule has 0 aliphatic rings. The summed E-state index contributed by atoms with van der Waals surface area (Å²) >= 11 is -1.77. The van der Waals surface area contributed by atoms with E-state index in [1.165, 1.54) is 0 Å². The fourth-order valence-electron chi connectivity index (χ4n) is 1.21. The summed E-state index contributed by atoms with van der Waals surface area (Å²) in [5.74, 6) is 0.749. The monoisotopic (exact) mass is 243 g/mol. The molecule has 0 radical (unpaired) electrons. The van der Waals surface area contributed by atoms with Crippen molar-refractivity contribution in [1.82, 2.24) is 0 Å². The lowest BCUT2D eigenvalue weighted by atomic mass is 10.2. The number of benzene rings is 1. The lowest BCUT2D eigenvalue weighted by Crippen LogP contribution is -2.14. The summed E-state index contributed by atoms with van der Waals surface area (Å²) in [6.07, 6.45) is 0.552. The number of nitrogens with two attached hydrogens (primary N) is 1. The molecule has 90 valence electrons. The van der Waals surface area contributed by atoms with E-state index in [-0.39, 0.29) is 5.25 Å². The fraction of sp³-hybridized carbons (Fsp3) is 0.455. The molecule has 2 unspecified atom stereocenters. The van der Waals surface area contributed by atoms with Crippen LogP contribution in [-0.2, 0) is 17.6 Å². The molecule has 0 aromatic heterocycles. The van der Waals surface area contributed by atoms with E-state index in [2.05, 4.69) is 0 Å². The first kappa shape index (κ1) is 13.2. The molecule has 1 aromatic rings. The van der Waals surface area contributed by atoms with Gasteiger partial charge in [0, 0.05) is 6.54 Å². The Kier molecular flexibility index (Phi) is 5.45. The Morgan fingerprint density at radius 3 is 2.94 bits per heavy atom. The van der Waals surface area contributed by atoms with E-state index >= 15 is 0 Å². The van der Waals surface area contributed by atoms with Gasteiger partial charge < -0.3 is 15.0 Å². The second-order valence-electron chi connectivity index (χ2n) is 3.58. The van der Waals surface area contributed by atoms with Crippen molar-refractivity contribution >= 4 is 11.1 Å². The predicted octanol–water partition coefficient (Wildman–Crippen LogP) is 1.52. The number of rotatable bonds is 6. The standard InChI is InChI=1S/C11H17NO3S/c1-9(16(13)14)5-6-15-11-4-2-3-10(7-11)8-12/h2-4,7,9H,5-6,8,12H2,1H3,(H,13,14). The van der Waals surface area contributed by atoms with Crippen molar-refractivity contribution in [3.63, 3.8) is 0 Å². The van der Waals surface area contributed by atoms with Crippen molar-refractivity contribution in [2.75, 3.05) is 6.61 Å². The van der Waals surface area contributed by atoms with Crippen molar-refractivity contribution in [3.05, 3.63) is 29.8 Å². The summed E-state index contributed by atoms with van der Waals surface area (Å²) < 4.78 is 24.9. The number of hydrogen-bond donors (Lipinski definition) is 2. The molecule has 1 rings (SSSR count). The molecule has 0 bridgehead atoms. The minimum Gasteiger partial charge on any atom is -0.494 e. The van der Waals surface area contributed by atoms with E-state index in [1.807, 2.05) is 24.3 Å². The zero-order valence-electron chi connectivity index (χ0n) is 9.26. The van der Waals surface area contributed by atoms with Gasteiger partial charge in [0.2, 0.25) is 0 Å². The largest absolute Gasteiger partial charge is 0.494 e. The highest BCUT2D eigenvalue weighted by atomic mass is 32.2. The second kappa shape index (κ2) is 6.62. The number of hydrogen-bond acceptors (Lipinski definition) is 3. The minimum absolute atomic E-state index is 0.266. The molecule has 0 saturated carbocycles. The molecule has 0 aliphatic carbocycles. The molecule has 2 atom stereocenters. The van der Waals surface area contributed by atoms with Gasteiger partial charge in [0.15, 0.2) is 11.1 Å². The molecule has 16 heavy (non-hydrogen) atoms. The zero-order valence-corrected chi connectivity index (χ0v) is 10.1. The molecule has 0 heterocycles. The van der Waals surface area contributed by atoms with Gasteiger partial charge in [-0.3, -0.25) is 0 Å². The minimum atomic E-state index is -1.77. The van der Waals surface area contributed by atoms with Gasteiger partial charge in [-0.05, 0) is 31.0 Å². The second-order valence-corrected chi connectivity index (χ2v) is 4.93. The molecule has 0 saturated heterocycles. The first-order chi connectivity index (χ1) is 7.63. The van der Waals surface area contributed by atoms with Crippen LogP contribution in [0.3, 0.4) is 0 Å². The maximum Gasteiger partial charge on any atom is 0.155 e. The predicted molar refractivity (Wildman–Crippen MR) is 64.7 cm³/mol. The molecule has 0 spiro atoms. The van der Waals surface area contributed by atoms with Gasteiger partial charge in [-0.25, -0.2) is 4.21 Å². The molecule has 3 N–H and O–H groups in total. The van der Waals surface area contributed by atoms with Crippen molar-refractivity contribution in [1.29, 1.82) is 0 Å². The van der Waals surface area contributed by atoms with E-state index in [9.17, 15) is 4.21 Å². The van der Waals surface area contributed by atoms with Gasteiger partial charge in [-0.15, -0.1) is 0 Å². The van der Waals surface area contributed by atoms with Gasteiger partial charge in [0.1, 0.15) is 5.75 Å². The topological polar surface area (TPSA) is 72.5 Å². The average molecular weight is 243 g/mol. The van der Waals surface area contributed by atoms with Gasteiger partial charge in [0.25, 0.3) is 0 Å². The lowest BCUT2D eigenvalue weighted by molar-refractivity contribution is 0.308. The van der Waals surface area contributed by atoms with E-state index in [1.54, 1.807) is 6.92 Å². The Morgan fingerprint density at radius 1 is 1.56 bits per heavy atom. The lowest BCUT2D eigenvalue weighted by Gasteiger charge is -2.09. The molecule has 4 nitrogen and oxygen atoms in total. The Morgan fingerprint density at radius 2 is 2.31 bits per heavy atom. The van der Waals surface area contributed by atoms with Crippen molar-refractivity contribution < 1.29 is 13.5 Å². The highest BCUT2D eigenvalue weighted by Crippen LogP contribution is 2.13. The SMILES string of the molecule is CC(CCOc1cccc(CN)c1)S(=O)O. The Hall–Kier alpha value is -0.910. The van der Waals surface area contributed by atoms with Crippen LogP contribution in [0.4, 0.5) is 0 Å². The number of ether oxygens (including phenoxy) is 1. The molecule has 5 heteroatoms. The van der Waals surface area contributed by atoms with Crippen molar-refractivity contribution in [2.24, 2.45) is 5.73 Å². The van der Waals surface area contributed by atoms with Crippen molar-refractivity contribution in [2.45, 2.75) is 25.1 Å². The van der Waals surface area contributed by atoms with Gasteiger partial charge >= 0.3 is 0 Å². The van der Waals surface area contributed by atoms with Crippen LogP contribution >= 0.6 is 0 Å². The Balaban J connectivity index is 2.39. The first-order valence-corrected chi connectivity index (χ1v) is 6.32. The average Bonchev–Trinajstić information content (AvgIpc) is 2.29. The third kappa shape index (κ3) is 4.30. The highest BCUT2D eigenvalue weighted by Gasteiger charge is 2.08. The van der Waals surface area contributed by atoms with Gasteiger partial charge in [0.05, 0.1) is 11.9 Å². The van der Waals surface area contributed by atoms with E-state index in [0.717, 1.165) is 11.3 Å². The maximum atomic E-state index is 10.7. The van der Waals surface area contributed by atoms with E-state index < -0.39 is 11.1 Å². The van der Waals surface area contributed by atoms with Gasteiger partial charge in [-0.2, -0.15) is 0 Å². The summed E-state index contributed by atoms with van der Waals surface area (Å²) in [5, 5.41) is -0.266. The normalized spacial score (nSPS) is 14.4. The quantitative estimate of drug-likeness (QED) is 0.743. The molecule has 0 aliphatic heterocycles. The zero-order chi connectivity index (χ0) is 12.0. The third-order valence-electron chi connectivity index (χ3n) is 2.27. The van der Waals surface area contributed by atoms with Crippen LogP contribution in [0.2, 0.25) is 0 Å². The van der Waals surface area contributed by atoms with Crippen LogP contribution in [-0.4, -0.2) is 20.6 Å². The van der Waals surface area contributed by atoms with E-state index in [4.69, 9.17) is 15.0 Å². The van der Waals surface area contributed by atoms with Crippen LogP contribution in [0.25, 0.3) is 0 Å². The van der Waals surface area contributed by atoms with Crippen LogP contribution in [0.1, 0.15) is 18.9 Å². The smallest absolute Gasteiger partial charge is 0.155 e. The van der Waals surface area contributed by atoms with Crippen LogP contribution < -0.4 is 10.5 Å². The maximum absolute atomic E-state index is 10.7. The molecule has 1 aromatic carbocycles. The summed E-state index contributed by atoms with van der Waals surface area (Å²) in [6, 6.07) is 7.53. The summed E-state index contributed by atoms with van der Waals surface area (Å²) in [5.41, 5.74) is 6.52. The van der Waals surface area contributed by atoms with E-state index in [0.29, 0.717) is 19.6 Å². The molecular weight excluding hydrogens is 226 g/mol. The highest BCUT2D eigenvalue weighted by molar-refractivity contribution is 7.79. The third-order valence-corrected chi connectivity index (χ3v) is 3.20.